The Bertz CT molecular complexity index is 234. The molecule has 0 bridgehead atoms. The molecule has 12 heavy (non-hydrogen) atoms. The molecule has 1 aromatic heterocycles. The fraction of sp³-hybridized carbons (Fsp3) is 0.571. The number of rotatable bonds is 4. The van der Waals surface area contributed by atoms with Crippen LogP contribution < -0.4 is 5.32 Å². The fourth-order valence-electron chi connectivity index (χ4n) is 0.889. The highest BCUT2D eigenvalue weighted by Crippen LogP contribution is 1.95. The van der Waals surface area contributed by atoms with Gasteiger partial charge in [0.2, 0.25) is 0 Å². The lowest BCUT2D eigenvalue weighted by Gasteiger charge is -2.00. The van der Waals surface area contributed by atoms with E-state index in [0.29, 0.717) is 6.54 Å². The fourth-order valence-corrected chi connectivity index (χ4v) is 0.889. The molecule has 0 aromatic carbocycles. The molecule has 3 nitrogen and oxygen atoms in total. The number of hydrogen-bond acceptors (Lipinski definition) is 2. The summed E-state index contributed by atoms with van der Waals surface area (Å²) in [6.45, 7) is 0.174. The van der Waals surface area contributed by atoms with E-state index in [0.717, 1.165) is 5.56 Å². The van der Waals surface area contributed by atoms with E-state index in [1.165, 1.54) is 0 Å². The predicted octanol–water partition coefficient (Wildman–Crippen LogP) is 0.775. The molecule has 0 saturated heterocycles. The monoisotopic (exact) mass is 175 g/mol. The number of nitrogens with zero attached hydrogens (tertiary/aromatic N) is 2. The summed E-state index contributed by atoms with van der Waals surface area (Å²) in [5.41, 5.74) is 0.915. The number of nitrogens with one attached hydrogen (secondary N) is 1. The maximum Gasteiger partial charge on any atom is 0.250 e. The summed E-state index contributed by atoms with van der Waals surface area (Å²) in [7, 11) is 1.79. The first-order valence-electron chi connectivity index (χ1n) is 3.65. The lowest BCUT2D eigenvalue weighted by atomic mass is 10.3. The second-order valence-corrected chi connectivity index (χ2v) is 2.54. The van der Waals surface area contributed by atoms with Crippen LogP contribution in [0.1, 0.15) is 5.56 Å². The minimum Gasteiger partial charge on any atom is -0.307 e. The molecule has 68 valence electrons. The number of hydrogen-bond donors (Lipinski definition) is 1. The van der Waals surface area contributed by atoms with Gasteiger partial charge >= 0.3 is 0 Å². The Labute approximate surface area is 69.4 Å². The quantitative estimate of drug-likeness (QED) is 0.732. The van der Waals surface area contributed by atoms with E-state index in [2.05, 4.69) is 10.4 Å². The minimum absolute atomic E-state index is 0.269. The lowest BCUT2D eigenvalue weighted by molar-refractivity contribution is 0.145. The highest BCUT2D eigenvalue weighted by Gasteiger charge is 2.01. The van der Waals surface area contributed by atoms with Crippen molar-refractivity contribution in [3.63, 3.8) is 0 Å². The van der Waals surface area contributed by atoms with Gasteiger partial charge in [0.25, 0.3) is 6.43 Å². The second kappa shape index (κ2) is 4.15. The molecule has 1 heterocycles. The smallest absolute Gasteiger partial charge is 0.250 e. The van der Waals surface area contributed by atoms with E-state index < -0.39 is 6.43 Å². The SMILES string of the molecule is Cn1cc(CNCC(F)F)cn1. The average Bonchev–Trinajstić information content (AvgIpc) is 2.35. The second-order valence-electron chi connectivity index (χ2n) is 2.54. The highest BCUT2D eigenvalue weighted by molar-refractivity contribution is 5.02. The van der Waals surface area contributed by atoms with E-state index in [9.17, 15) is 8.78 Å². The van der Waals surface area contributed by atoms with Gasteiger partial charge in [0.1, 0.15) is 0 Å². The molecule has 1 aromatic rings. The summed E-state index contributed by atoms with van der Waals surface area (Å²) < 4.78 is 25.0. The van der Waals surface area contributed by atoms with Crippen molar-refractivity contribution < 1.29 is 8.78 Å². The molecule has 0 fully saturated rings. The first-order chi connectivity index (χ1) is 5.68. The Morgan fingerprint density at radius 3 is 2.92 bits per heavy atom. The van der Waals surface area contributed by atoms with Gasteiger partial charge in [-0.3, -0.25) is 4.68 Å². The molecule has 1 rings (SSSR count). The van der Waals surface area contributed by atoms with Crippen molar-refractivity contribution >= 4 is 0 Å². The Morgan fingerprint density at radius 2 is 2.42 bits per heavy atom. The summed E-state index contributed by atoms with van der Waals surface area (Å²) in [6.07, 6.45) is 1.15. The van der Waals surface area contributed by atoms with E-state index in [1.807, 2.05) is 0 Å². The molecule has 0 radical (unpaired) electrons. The third-order valence-electron chi connectivity index (χ3n) is 1.39. The molecule has 0 aliphatic heterocycles. The molecule has 0 atom stereocenters. The molecule has 0 saturated carbocycles. The zero-order chi connectivity index (χ0) is 8.97. The van der Waals surface area contributed by atoms with Crippen LogP contribution in [0.15, 0.2) is 12.4 Å². The predicted molar refractivity (Wildman–Crippen MR) is 40.9 cm³/mol. The van der Waals surface area contributed by atoms with Crippen molar-refractivity contribution in [2.24, 2.45) is 7.05 Å². The van der Waals surface area contributed by atoms with Crippen LogP contribution in [0.5, 0.6) is 0 Å². The lowest BCUT2D eigenvalue weighted by Crippen LogP contribution is -2.20. The van der Waals surface area contributed by atoms with Crippen molar-refractivity contribution in [3.05, 3.63) is 18.0 Å². The van der Waals surface area contributed by atoms with Crippen molar-refractivity contribution in [2.45, 2.75) is 13.0 Å². The standard InChI is InChI=1S/C7H11F2N3/c1-12-5-6(3-11-12)2-10-4-7(8)9/h3,5,7,10H,2,4H2,1H3. The molecule has 0 unspecified atom stereocenters. The van der Waals surface area contributed by atoms with Crippen LogP contribution in [-0.4, -0.2) is 22.8 Å². The van der Waals surface area contributed by atoms with Crippen molar-refractivity contribution in [1.82, 2.24) is 15.1 Å². The van der Waals surface area contributed by atoms with E-state index in [1.54, 1.807) is 24.1 Å². The number of aryl methyl sites for hydroxylation is 1. The maximum absolute atomic E-state index is 11.7. The van der Waals surface area contributed by atoms with Crippen LogP contribution in [0.3, 0.4) is 0 Å². The van der Waals surface area contributed by atoms with Gasteiger partial charge in [0.05, 0.1) is 12.7 Å². The van der Waals surface area contributed by atoms with Crippen molar-refractivity contribution in [2.75, 3.05) is 6.54 Å². The minimum atomic E-state index is -2.29. The van der Waals surface area contributed by atoms with Crippen molar-refractivity contribution in [1.29, 1.82) is 0 Å². The van der Waals surface area contributed by atoms with E-state index in [-0.39, 0.29) is 6.54 Å². The van der Waals surface area contributed by atoms with Gasteiger partial charge in [-0.05, 0) is 0 Å². The van der Waals surface area contributed by atoms with Gasteiger partial charge in [-0.15, -0.1) is 0 Å². The van der Waals surface area contributed by atoms with Crippen LogP contribution in [0.2, 0.25) is 0 Å². The number of alkyl halides is 2. The Hall–Kier alpha value is -0.970. The number of aromatic nitrogens is 2. The molecule has 0 aliphatic carbocycles. The molecular formula is C7H11F2N3. The highest BCUT2D eigenvalue weighted by atomic mass is 19.3. The molecule has 5 heteroatoms. The summed E-state index contributed by atoms with van der Waals surface area (Å²) in [5.74, 6) is 0. The zero-order valence-electron chi connectivity index (χ0n) is 6.80. The maximum atomic E-state index is 11.7. The molecule has 1 N–H and O–H groups in total. The van der Waals surface area contributed by atoms with E-state index in [4.69, 9.17) is 0 Å². The van der Waals surface area contributed by atoms with Crippen molar-refractivity contribution in [3.8, 4) is 0 Å². The number of halogens is 2. The molecule has 0 spiro atoms. The van der Waals surface area contributed by atoms with Crippen LogP contribution in [0, 0.1) is 0 Å². The van der Waals surface area contributed by atoms with Gasteiger partial charge in [-0.25, -0.2) is 8.78 Å². The third-order valence-corrected chi connectivity index (χ3v) is 1.39. The first kappa shape index (κ1) is 9.12. The summed E-state index contributed by atoms with van der Waals surface area (Å²) >= 11 is 0. The van der Waals surface area contributed by atoms with Gasteiger partial charge in [-0.2, -0.15) is 5.10 Å². The van der Waals surface area contributed by atoms with Gasteiger partial charge < -0.3 is 5.32 Å². The molecular weight excluding hydrogens is 164 g/mol. The largest absolute Gasteiger partial charge is 0.307 e. The normalized spacial score (nSPS) is 11.0. The van der Waals surface area contributed by atoms with Crippen LogP contribution in [-0.2, 0) is 13.6 Å². The van der Waals surface area contributed by atoms with Crippen LogP contribution >= 0.6 is 0 Å². The van der Waals surface area contributed by atoms with Gasteiger partial charge in [0, 0.05) is 25.4 Å². The average molecular weight is 175 g/mol. The zero-order valence-corrected chi connectivity index (χ0v) is 6.80. The third kappa shape index (κ3) is 2.96. The summed E-state index contributed by atoms with van der Waals surface area (Å²) in [5, 5.41) is 6.51. The van der Waals surface area contributed by atoms with Crippen LogP contribution in [0.4, 0.5) is 8.78 Å². The van der Waals surface area contributed by atoms with Crippen LogP contribution in [0.25, 0.3) is 0 Å². The molecule has 0 aliphatic rings. The topological polar surface area (TPSA) is 29.9 Å². The Balaban J connectivity index is 2.24. The first-order valence-corrected chi connectivity index (χ1v) is 3.65. The summed E-state index contributed by atoms with van der Waals surface area (Å²) in [6, 6.07) is 0. The van der Waals surface area contributed by atoms with E-state index >= 15 is 0 Å². The van der Waals surface area contributed by atoms with Gasteiger partial charge in [-0.1, -0.05) is 0 Å². The van der Waals surface area contributed by atoms with Gasteiger partial charge in [0.15, 0.2) is 0 Å². The molecule has 0 amide bonds. The summed E-state index contributed by atoms with van der Waals surface area (Å²) in [4.78, 5) is 0. The Morgan fingerprint density at radius 1 is 1.67 bits per heavy atom. The Kier molecular flexibility index (Phi) is 3.16.